The van der Waals surface area contributed by atoms with E-state index in [1.165, 1.54) is 12.4 Å². The third-order valence-corrected chi connectivity index (χ3v) is 2.92. The summed E-state index contributed by atoms with van der Waals surface area (Å²) in [5.74, 6) is -0.561. The molecule has 0 aliphatic heterocycles. The number of methoxy groups -OCH3 is 1. The minimum atomic E-state index is -1.07. The highest BCUT2D eigenvalue weighted by Crippen LogP contribution is 2.23. The molecule has 0 bridgehead atoms. The highest BCUT2D eigenvalue weighted by molar-refractivity contribution is 5.85. The van der Waals surface area contributed by atoms with E-state index in [0.29, 0.717) is 5.82 Å². The van der Waals surface area contributed by atoms with Gasteiger partial charge in [0.15, 0.2) is 5.69 Å². The van der Waals surface area contributed by atoms with E-state index in [1.807, 2.05) is 0 Å². The zero-order chi connectivity index (χ0) is 12.3. The summed E-state index contributed by atoms with van der Waals surface area (Å²) < 4.78 is 5.27. The first kappa shape index (κ1) is 11.8. The Labute approximate surface area is 99.0 Å². The normalized spacial score (nSPS) is 23.6. The lowest BCUT2D eigenvalue weighted by atomic mass is 10.2. The topological polar surface area (TPSA) is 84.3 Å². The summed E-state index contributed by atoms with van der Waals surface area (Å²) in [6.07, 6.45) is 5.97. The Kier molecular flexibility index (Phi) is 3.53. The fraction of sp³-hybridized carbons (Fsp3) is 0.545. The van der Waals surface area contributed by atoms with Crippen molar-refractivity contribution in [2.45, 2.75) is 31.4 Å². The van der Waals surface area contributed by atoms with Crippen LogP contribution in [0.2, 0.25) is 0 Å². The predicted octanol–water partition coefficient (Wildman–Crippen LogP) is 1.15. The molecular formula is C11H15N3O3. The zero-order valence-corrected chi connectivity index (χ0v) is 9.59. The van der Waals surface area contributed by atoms with Crippen LogP contribution in [0.5, 0.6) is 0 Å². The van der Waals surface area contributed by atoms with Crippen LogP contribution in [0, 0.1) is 0 Å². The van der Waals surface area contributed by atoms with Gasteiger partial charge in [0.2, 0.25) is 0 Å². The first-order chi connectivity index (χ1) is 8.19. The molecule has 0 amide bonds. The van der Waals surface area contributed by atoms with Gasteiger partial charge in [-0.25, -0.2) is 9.78 Å². The van der Waals surface area contributed by atoms with Crippen LogP contribution in [-0.2, 0) is 4.74 Å². The van der Waals surface area contributed by atoms with Crippen LogP contribution in [0.25, 0.3) is 0 Å². The van der Waals surface area contributed by atoms with Gasteiger partial charge in [0.05, 0.1) is 18.5 Å². The van der Waals surface area contributed by atoms with Crippen molar-refractivity contribution in [1.82, 2.24) is 9.97 Å². The molecule has 1 fully saturated rings. The number of anilines is 1. The Bertz CT molecular complexity index is 411. The van der Waals surface area contributed by atoms with Gasteiger partial charge >= 0.3 is 5.97 Å². The van der Waals surface area contributed by atoms with Gasteiger partial charge in [0, 0.05) is 13.2 Å². The molecular weight excluding hydrogens is 222 g/mol. The molecule has 1 heterocycles. The van der Waals surface area contributed by atoms with Crippen molar-refractivity contribution in [3.05, 3.63) is 18.1 Å². The summed E-state index contributed by atoms with van der Waals surface area (Å²) in [5, 5.41) is 12.0. The third-order valence-electron chi connectivity index (χ3n) is 2.92. The average Bonchev–Trinajstić information content (AvgIpc) is 2.77. The van der Waals surface area contributed by atoms with Crippen molar-refractivity contribution in [3.8, 4) is 0 Å². The van der Waals surface area contributed by atoms with E-state index in [2.05, 4.69) is 15.3 Å². The molecule has 17 heavy (non-hydrogen) atoms. The van der Waals surface area contributed by atoms with Crippen LogP contribution in [0.1, 0.15) is 29.8 Å². The van der Waals surface area contributed by atoms with Crippen LogP contribution in [0.15, 0.2) is 12.4 Å². The molecule has 6 nitrogen and oxygen atoms in total. The van der Waals surface area contributed by atoms with Crippen LogP contribution < -0.4 is 5.32 Å². The van der Waals surface area contributed by atoms with Crippen LogP contribution in [0.4, 0.5) is 5.82 Å². The lowest BCUT2D eigenvalue weighted by molar-refractivity contribution is 0.0690. The minimum Gasteiger partial charge on any atom is -0.476 e. The second-order valence-corrected chi connectivity index (χ2v) is 4.11. The number of aromatic nitrogens is 2. The molecule has 1 aliphatic rings. The molecule has 1 saturated carbocycles. The highest BCUT2D eigenvalue weighted by Gasteiger charge is 2.24. The largest absolute Gasteiger partial charge is 0.476 e. The standard InChI is InChI=1S/C11H15N3O3/c1-17-8-3-2-7(4-8)13-10-6-12-5-9(14-10)11(15)16/h5-8H,2-4H2,1H3,(H,13,14)(H,15,16). The molecule has 2 rings (SSSR count). The van der Waals surface area contributed by atoms with Crippen molar-refractivity contribution in [1.29, 1.82) is 0 Å². The zero-order valence-electron chi connectivity index (χ0n) is 9.59. The van der Waals surface area contributed by atoms with Crippen molar-refractivity contribution >= 4 is 11.8 Å². The van der Waals surface area contributed by atoms with Crippen molar-refractivity contribution < 1.29 is 14.6 Å². The van der Waals surface area contributed by atoms with E-state index >= 15 is 0 Å². The smallest absolute Gasteiger partial charge is 0.356 e. The fourth-order valence-corrected chi connectivity index (χ4v) is 2.03. The molecule has 2 unspecified atom stereocenters. The van der Waals surface area contributed by atoms with E-state index in [1.54, 1.807) is 7.11 Å². The SMILES string of the molecule is COC1CCC(Nc2cncc(C(=O)O)n2)C1. The third kappa shape index (κ3) is 2.91. The van der Waals surface area contributed by atoms with Crippen molar-refractivity contribution in [2.24, 2.45) is 0 Å². The maximum atomic E-state index is 10.7. The predicted molar refractivity (Wildman–Crippen MR) is 61.1 cm³/mol. The van der Waals surface area contributed by atoms with Gasteiger partial charge < -0.3 is 15.2 Å². The summed E-state index contributed by atoms with van der Waals surface area (Å²) in [6.45, 7) is 0. The fourth-order valence-electron chi connectivity index (χ4n) is 2.03. The van der Waals surface area contributed by atoms with Gasteiger partial charge in [-0.15, -0.1) is 0 Å². The number of carboxylic acid groups (broad SMARTS) is 1. The maximum Gasteiger partial charge on any atom is 0.356 e. The first-order valence-electron chi connectivity index (χ1n) is 5.53. The number of carboxylic acids is 1. The van der Waals surface area contributed by atoms with Gasteiger partial charge in [0.25, 0.3) is 0 Å². The molecule has 0 aromatic carbocycles. The summed E-state index contributed by atoms with van der Waals surface area (Å²) in [4.78, 5) is 18.6. The van der Waals surface area contributed by atoms with Gasteiger partial charge in [-0.3, -0.25) is 4.98 Å². The van der Waals surface area contributed by atoms with E-state index in [-0.39, 0.29) is 17.8 Å². The molecule has 2 atom stereocenters. The Balaban J connectivity index is 1.99. The molecule has 6 heteroatoms. The summed E-state index contributed by atoms with van der Waals surface area (Å²) >= 11 is 0. The van der Waals surface area contributed by atoms with E-state index in [9.17, 15) is 4.79 Å². The van der Waals surface area contributed by atoms with Gasteiger partial charge in [-0.2, -0.15) is 0 Å². The van der Waals surface area contributed by atoms with Gasteiger partial charge in [0.1, 0.15) is 5.82 Å². The van der Waals surface area contributed by atoms with Crippen LogP contribution in [0.3, 0.4) is 0 Å². The highest BCUT2D eigenvalue weighted by atomic mass is 16.5. The quantitative estimate of drug-likeness (QED) is 0.817. The number of aromatic carboxylic acids is 1. The van der Waals surface area contributed by atoms with Crippen LogP contribution in [-0.4, -0.2) is 40.3 Å². The number of rotatable bonds is 4. The maximum absolute atomic E-state index is 10.7. The molecule has 0 saturated heterocycles. The van der Waals surface area contributed by atoms with Crippen molar-refractivity contribution in [2.75, 3.05) is 12.4 Å². The number of ether oxygens (including phenoxy) is 1. The second-order valence-electron chi connectivity index (χ2n) is 4.11. The Morgan fingerprint density at radius 3 is 3.00 bits per heavy atom. The summed E-state index contributed by atoms with van der Waals surface area (Å²) in [7, 11) is 1.71. The Hall–Kier alpha value is -1.69. The Morgan fingerprint density at radius 2 is 2.35 bits per heavy atom. The number of nitrogens with zero attached hydrogens (tertiary/aromatic N) is 2. The van der Waals surface area contributed by atoms with E-state index < -0.39 is 5.97 Å². The molecule has 2 N–H and O–H groups in total. The molecule has 92 valence electrons. The van der Waals surface area contributed by atoms with Gasteiger partial charge in [-0.05, 0) is 19.3 Å². The van der Waals surface area contributed by atoms with Gasteiger partial charge in [-0.1, -0.05) is 0 Å². The molecule has 1 aliphatic carbocycles. The Morgan fingerprint density at radius 1 is 1.53 bits per heavy atom. The average molecular weight is 237 g/mol. The monoisotopic (exact) mass is 237 g/mol. The molecule has 0 radical (unpaired) electrons. The number of carbonyl (C=O) groups is 1. The minimum absolute atomic E-state index is 0.0451. The first-order valence-corrected chi connectivity index (χ1v) is 5.53. The number of hydrogen-bond acceptors (Lipinski definition) is 5. The summed E-state index contributed by atoms with van der Waals surface area (Å²) in [5.41, 5.74) is -0.0451. The van der Waals surface area contributed by atoms with Crippen molar-refractivity contribution in [3.63, 3.8) is 0 Å². The molecule has 0 spiro atoms. The summed E-state index contributed by atoms with van der Waals surface area (Å²) in [6, 6.07) is 0.276. The lowest BCUT2D eigenvalue weighted by Crippen LogP contribution is -2.18. The van der Waals surface area contributed by atoms with E-state index in [0.717, 1.165) is 19.3 Å². The lowest BCUT2D eigenvalue weighted by Gasteiger charge is -2.13. The number of nitrogens with one attached hydrogen (secondary N) is 1. The molecule has 1 aromatic rings. The van der Waals surface area contributed by atoms with E-state index in [4.69, 9.17) is 9.84 Å². The second kappa shape index (κ2) is 5.09. The van der Waals surface area contributed by atoms with Crippen LogP contribution >= 0.6 is 0 Å². The number of hydrogen-bond donors (Lipinski definition) is 2. The molecule has 1 aromatic heterocycles.